The monoisotopic (exact) mass is 779 g/mol. The first-order valence-corrected chi connectivity index (χ1v) is 20.9. The van der Waals surface area contributed by atoms with Crippen LogP contribution in [0.5, 0.6) is 0 Å². The molecule has 0 N–H and O–H groups in total. The van der Waals surface area contributed by atoms with Crippen molar-refractivity contribution in [1.82, 2.24) is 15.0 Å². The van der Waals surface area contributed by atoms with Crippen LogP contribution in [-0.2, 0) is 6.42 Å². The Morgan fingerprint density at radius 3 is 1.69 bits per heavy atom. The Kier molecular flexibility index (Phi) is 8.27. The Morgan fingerprint density at radius 1 is 0.361 bits per heavy atom. The largest absolute Gasteiger partial charge is 0.456 e. The lowest BCUT2D eigenvalue weighted by Crippen LogP contribution is -2.03. The minimum atomic E-state index is 0.625. The van der Waals surface area contributed by atoms with Crippen LogP contribution in [0.4, 0.5) is 0 Å². The number of para-hydroxylation sites is 1. The van der Waals surface area contributed by atoms with Crippen molar-refractivity contribution in [2.75, 3.05) is 0 Å². The van der Waals surface area contributed by atoms with Gasteiger partial charge in [0.05, 0.1) is 0 Å². The van der Waals surface area contributed by atoms with Gasteiger partial charge in [-0.05, 0) is 121 Å². The van der Waals surface area contributed by atoms with Crippen molar-refractivity contribution in [2.24, 2.45) is 0 Å². The van der Waals surface area contributed by atoms with E-state index in [1.807, 2.05) is 12.1 Å². The van der Waals surface area contributed by atoms with Crippen molar-refractivity contribution < 1.29 is 4.42 Å². The molecule has 1 aliphatic rings. The number of rotatable bonds is 6. The first kappa shape index (κ1) is 35.0. The van der Waals surface area contributed by atoms with E-state index in [1.165, 1.54) is 49.2 Å². The molecule has 4 nitrogen and oxygen atoms in total. The minimum Gasteiger partial charge on any atom is -0.456 e. The molecule has 286 valence electrons. The van der Waals surface area contributed by atoms with E-state index in [4.69, 9.17) is 19.4 Å². The van der Waals surface area contributed by atoms with Gasteiger partial charge < -0.3 is 4.42 Å². The number of aromatic nitrogens is 3. The van der Waals surface area contributed by atoms with Gasteiger partial charge >= 0.3 is 0 Å². The highest BCUT2D eigenvalue weighted by Crippen LogP contribution is 2.40. The Hall–Kier alpha value is -7.95. The summed E-state index contributed by atoms with van der Waals surface area (Å²) in [5.74, 6) is 1.89. The van der Waals surface area contributed by atoms with Crippen molar-refractivity contribution in [3.05, 3.63) is 211 Å². The predicted octanol–water partition coefficient (Wildman–Crippen LogP) is 14.9. The Morgan fingerprint density at radius 2 is 0.934 bits per heavy atom. The van der Waals surface area contributed by atoms with E-state index in [-0.39, 0.29) is 0 Å². The molecule has 2 aromatic heterocycles. The van der Waals surface area contributed by atoms with Gasteiger partial charge in [-0.25, -0.2) is 15.0 Å². The summed E-state index contributed by atoms with van der Waals surface area (Å²) in [6.07, 6.45) is 4.25. The molecule has 0 saturated heterocycles. The lowest BCUT2D eigenvalue weighted by atomic mass is 9.86. The van der Waals surface area contributed by atoms with E-state index < -0.39 is 0 Å². The van der Waals surface area contributed by atoms with Crippen LogP contribution in [0.3, 0.4) is 0 Å². The SMILES string of the molecule is C1=C(c2cccc3oc4ccccc4c23)CCc2ccc(-c3nc(-c4cc(-c5ccccc5)cc(-c5ccccc5)c4)nc(-c4ccc5ccc6ccccc6c5c4)n3)cc21. The average Bonchev–Trinajstić information content (AvgIpc) is 3.73. The summed E-state index contributed by atoms with van der Waals surface area (Å²) in [6, 6.07) is 68.6. The highest BCUT2D eigenvalue weighted by molar-refractivity contribution is 6.12. The van der Waals surface area contributed by atoms with Gasteiger partial charge in [-0.3, -0.25) is 0 Å². The van der Waals surface area contributed by atoms with Crippen molar-refractivity contribution in [2.45, 2.75) is 12.8 Å². The molecule has 9 aromatic carbocycles. The number of aryl methyl sites for hydroxylation is 1. The smallest absolute Gasteiger partial charge is 0.164 e. The third kappa shape index (κ3) is 6.28. The van der Waals surface area contributed by atoms with E-state index in [1.54, 1.807) is 0 Å². The van der Waals surface area contributed by atoms with Gasteiger partial charge in [-0.1, -0.05) is 158 Å². The molecule has 0 spiro atoms. The van der Waals surface area contributed by atoms with Crippen LogP contribution in [0.1, 0.15) is 23.1 Å². The molecule has 0 fully saturated rings. The second kappa shape index (κ2) is 14.4. The van der Waals surface area contributed by atoms with Gasteiger partial charge in [0.15, 0.2) is 17.5 Å². The van der Waals surface area contributed by atoms with Crippen molar-refractivity contribution in [3.63, 3.8) is 0 Å². The van der Waals surface area contributed by atoms with Gasteiger partial charge in [0.1, 0.15) is 11.2 Å². The van der Waals surface area contributed by atoms with Crippen LogP contribution in [0.2, 0.25) is 0 Å². The van der Waals surface area contributed by atoms with Crippen LogP contribution in [0.25, 0.3) is 112 Å². The molecule has 2 heterocycles. The number of allylic oxidation sites excluding steroid dienone is 1. The maximum absolute atomic E-state index is 6.29. The van der Waals surface area contributed by atoms with Crippen LogP contribution in [-0.4, -0.2) is 15.0 Å². The van der Waals surface area contributed by atoms with Gasteiger partial charge in [0.2, 0.25) is 0 Å². The lowest BCUT2D eigenvalue weighted by Gasteiger charge is -2.18. The highest BCUT2D eigenvalue weighted by Gasteiger charge is 2.20. The fourth-order valence-corrected chi connectivity index (χ4v) is 9.14. The maximum atomic E-state index is 6.29. The lowest BCUT2D eigenvalue weighted by molar-refractivity contribution is 0.669. The standard InChI is InChI=1S/C57H37N3O/c1-3-12-36(13-4-1)45-32-46(37-14-5-2-6-15-37)34-47(33-45)57-59-55(58-56(60-57)43-29-26-40-25-24-39-16-7-8-17-48(39)51(40)35-43)42-28-23-38-22-27-41(30-44(38)31-42)49-19-11-21-53-54(49)50-18-9-10-20-52(50)61-53/h1-21,23-26,28-35H,22,27H2. The zero-order valence-electron chi connectivity index (χ0n) is 33.2. The summed E-state index contributed by atoms with van der Waals surface area (Å²) in [5, 5.41) is 7.07. The van der Waals surface area contributed by atoms with E-state index in [0.717, 1.165) is 68.3 Å². The maximum Gasteiger partial charge on any atom is 0.164 e. The summed E-state index contributed by atoms with van der Waals surface area (Å²) in [4.78, 5) is 15.9. The molecule has 0 amide bonds. The fraction of sp³-hybridized carbons (Fsp3) is 0.0351. The van der Waals surface area contributed by atoms with Crippen LogP contribution in [0.15, 0.2) is 199 Å². The molecule has 4 heteroatoms. The van der Waals surface area contributed by atoms with Crippen LogP contribution < -0.4 is 0 Å². The third-order valence-corrected chi connectivity index (χ3v) is 12.2. The Labute approximate surface area is 353 Å². The first-order chi connectivity index (χ1) is 30.2. The molecule has 12 rings (SSSR count). The molecule has 0 saturated carbocycles. The van der Waals surface area contributed by atoms with E-state index in [9.17, 15) is 0 Å². The van der Waals surface area contributed by atoms with Gasteiger partial charge in [0.25, 0.3) is 0 Å². The molecule has 1 aliphatic carbocycles. The number of furan rings is 1. The van der Waals surface area contributed by atoms with Gasteiger partial charge in [0, 0.05) is 27.5 Å². The zero-order valence-corrected chi connectivity index (χ0v) is 33.2. The predicted molar refractivity (Wildman–Crippen MR) is 252 cm³/mol. The number of nitrogens with zero attached hydrogens (tertiary/aromatic N) is 3. The molecule has 0 aliphatic heterocycles. The second-order valence-electron chi connectivity index (χ2n) is 15.9. The van der Waals surface area contributed by atoms with E-state index in [2.05, 4.69) is 188 Å². The molecule has 0 atom stereocenters. The van der Waals surface area contributed by atoms with Crippen LogP contribution >= 0.6 is 0 Å². The van der Waals surface area contributed by atoms with Gasteiger partial charge in [-0.2, -0.15) is 0 Å². The quantitative estimate of drug-likeness (QED) is 0.158. The molecule has 11 aromatic rings. The topological polar surface area (TPSA) is 51.8 Å². The van der Waals surface area contributed by atoms with E-state index in [0.29, 0.717) is 17.5 Å². The molecule has 0 unspecified atom stereocenters. The summed E-state index contributed by atoms with van der Waals surface area (Å²) >= 11 is 0. The van der Waals surface area contributed by atoms with Crippen molar-refractivity contribution >= 4 is 55.1 Å². The van der Waals surface area contributed by atoms with Gasteiger partial charge in [-0.15, -0.1) is 0 Å². The Bertz CT molecular complexity index is 3470. The minimum absolute atomic E-state index is 0.625. The summed E-state index contributed by atoms with van der Waals surface area (Å²) < 4.78 is 6.29. The summed E-state index contributed by atoms with van der Waals surface area (Å²) in [6.45, 7) is 0. The van der Waals surface area contributed by atoms with E-state index >= 15 is 0 Å². The van der Waals surface area contributed by atoms with Crippen molar-refractivity contribution in [3.8, 4) is 56.4 Å². The number of fused-ring (bicyclic) bond motifs is 7. The van der Waals surface area contributed by atoms with Crippen molar-refractivity contribution in [1.29, 1.82) is 0 Å². The molecule has 0 radical (unpaired) electrons. The normalized spacial score (nSPS) is 12.6. The third-order valence-electron chi connectivity index (χ3n) is 12.2. The molecular weight excluding hydrogens is 743 g/mol. The highest BCUT2D eigenvalue weighted by atomic mass is 16.3. The molecule has 61 heavy (non-hydrogen) atoms. The Balaban J connectivity index is 1.05. The summed E-state index contributed by atoms with van der Waals surface area (Å²) in [5.41, 5.74) is 14.1. The van der Waals surface area contributed by atoms with Crippen LogP contribution in [0, 0.1) is 0 Å². The fourth-order valence-electron chi connectivity index (χ4n) is 9.14. The first-order valence-electron chi connectivity index (χ1n) is 20.9. The number of benzene rings is 9. The average molecular weight is 780 g/mol. The molecule has 0 bridgehead atoms. The number of hydrogen-bond acceptors (Lipinski definition) is 4. The summed E-state index contributed by atoms with van der Waals surface area (Å²) in [7, 11) is 0. The number of hydrogen-bond donors (Lipinski definition) is 0. The second-order valence-corrected chi connectivity index (χ2v) is 15.9. The zero-order chi connectivity index (χ0) is 40.3. The molecular formula is C57H37N3O.